The van der Waals surface area contributed by atoms with E-state index in [0.29, 0.717) is 6.04 Å². The number of rotatable bonds is 0. The second kappa shape index (κ2) is 2.46. The first-order valence-corrected chi connectivity index (χ1v) is 3.22. The van der Waals surface area contributed by atoms with Gasteiger partial charge in [-0.3, -0.25) is 0 Å². The molecule has 2 atom stereocenters. The topological polar surface area (TPSA) is 32.3 Å². The molecule has 0 unspecified atom stereocenters. The Balaban J connectivity index is 2.28. The average molecular weight is 115 g/mol. The van der Waals surface area contributed by atoms with Crippen LogP contribution in [0.3, 0.4) is 0 Å². The third kappa shape index (κ3) is 1.20. The first kappa shape index (κ1) is 6.05. The Morgan fingerprint density at radius 3 is 2.75 bits per heavy atom. The molecule has 48 valence electrons. The van der Waals surface area contributed by atoms with E-state index in [1.807, 2.05) is 6.92 Å². The Kier molecular flexibility index (Phi) is 1.86. The Labute approximate surface area is 49.9 Å². The van der Waals surface area contributed by atoms with E-state index in [1.165, 1.54) is 0 Å². The molecule has 0 aromatic heterocycles. The smallest absolute Gasteiger partial charge is 0.0690 e. The molecule has 1 heterocycles. The van der Waals surface area contributed by atoms with Crippen molar-refractivity contribution < 1.29 is 5.11 Å². The second-order valence-electron chi connectivity index (χ2n) is 2.45. The molecular formula is C6H13NO. The third-order valence-electron chi connectivity index (χ3n) is 1.72. The second-order valence-corrected chi connectivity index (χ2v) is 2.45. The molecular weight excluding hydrogens is 102 g/mol. The van der Waals surface area contributed by atoms with E-state index in [0.717, 1.165) is 19.4 Å². The highest BCUT2D eigenvalue weighted by Crippen LogP contribution is 2.06. The number of aliphatic hydroxyl groups excluding tert-OH is 1. The van der Waals surface area contributed by atoms with Crippen molar-refractivity contribution in [1.82, 2.24) is 5.32 Å². The standard InChI is InChI=1S/C6H13NO/c1-5-6(8)3-2-4-7-5/h5-8H,2-4H2,1H3/t5-,6-/m1/s1. The molecule has 1 fully saturated rings. The van der Waals surface area contributed by atoms with E-state index >= 15 is 0 Å². The van der Waals surface area contributed by atoms with Crippen molar-refractivity contribution in [2.24, 2.45) is 0 Å². The van der Waals surface area contributed by atoms with Crippen LogP contribution in [0.25, 0.3) is 0 Å². The summed E-state index contributed by atoms with van der Waals surface area (Å²) < 4.78 is 0. The van der Waals surface area contributed by atoms with E-state index in [-0.39, 0.29) is 6.10 Å². The van der Waals surface area contributed by atoms with Crippen LogP contribution in [0.1, 0.15) is 19.8 Å². The summed E-state index contributed by atoms with van der Waals surface area (Å²) in [4.78, 5) is 0. The van der Waals surface area contributed by atoms with Gasteiger partial charge in [0.15, 0.2) is 0 Å². The molecule has 1 aliphatic rings. The monoisotopic (exact) mass is 115 g/mol. The Morgan fingerprint density at radius 1 is 1.62 bits per heavy atom. The van der Waals surface area contributed by atoms with E-state index < -0.39 is 0 Å². The molecule has 0 spiro atoms. The lowest BCUT2D eigenvalue weighted by atomic mass is 10.0. The van der Waals surface area contributed by atoms with Gasteiger partial charge in [0.2, 0.25) is 0 Å². The SMILES string of the molecule is C[C@H]1NCCC[C@H]1O. The molecule has 0 bridgehead atoms. The Bertz CT molecular complexity index is 64.9. The summed E-state index contributed by atoms with van der Waals surface area (Å²) in [6.07, 6.45) is 1.98. The molecule has 0 saturated carbocycles. The number of hydrogen-bond acceptors (Lipinski definition) is 2. The van der Waals surface area contributed by atoms with Crippen LogP contribution in [0.4, 0.5) is 0 Å². The molecule has 0 amide bonds. The van der Waals surface area contributed by atoms with Gasteiger partial charge in [-0.15, -0.1) is 0 Å². The van der Waals surface area contributed by atoms with Crippen LogP contribution in [-0.4, -0.2) is 23.8 Å². The molecule has 0 aromatic carbocycles. The van der Waals surface area contributed by atoms with Crippen molar-refractivity contribution in [3.05, 3.63) is 0 Å². The maximum absolute atomic E-state index is 9.12. The zero-order valence-corrected chi connectivity index (χ0v) is 5.22. The van der Waals surface area contributed by atoms with Crippen LogP contribution in [0.5, 0.6) is 0 Å². The van der Waals surface area contributed by atoms with Gasteiger partial charge in [-0.05, 0) is 26.3 Å². The maximum Gasteiger partial charge on any atom is 0.0690 e. The number of nitrogens with one attached hydrogen (secondary N) is 1. The first-order chi connectivity index (χ1) is 3.80. The minimum atomic E-state index is -0.108. The van der Waals surface area contributed by atoms with Crippen LogP contribution in [0.15, 0.2) is 0 Å². The first-order valence-electron chi connectivity index (χ1n) is 3.22. The highest BCUT2D eigenvalue weighted by atomic mass is 16.3. The molecule has 2 nitrogen and oxygen atoms in total. The zero-order valence-electron chi connectivity index (χ0n) is 5.22. The highest BCUT2D eigenvalue weighted by Gasteiger charge is 2.16. The summed E-state index contributed by atoms with van der Waals surface area (Å²) in [5.74, 6) is 0. The van der Waals surface area contributed by atoms with E-state index in [4.69, 9.17) is 5.11 Å². The fourth-order valence-electron chi connectivity index (χ4n) is 1.03. The summed E-state index contributed by atoms with van der Waals surface area (Å²) >= 11 is 0. The van der Waals surface area contributed by atoms with Crippen LogP contribution in [0, 0.1) is 0 Å². The molecule has 2 heteroatoms. The van der Waals surface area contributed by atoms with E-state index in [2.05, 4.69) is 5.32 Å². The van der Waals surface area contributed by atoms with Crippen molar-refractivity contribution in [3.63, 3.8) is 0 Å². The number of aliphatic hydroxyl groups is 1. The summed E-state index contributed by atoms with van der Waals surface area (Å²) in [6.45, 7) is 3.09. The molecule has 1 saturated heterocycles. The lowest BCUT2D eigenvalue weighted by molar-refractivity contribution is 0.104. The van der Waals surface area contributed by atoms with Crippen molar-refractivity contribution in [2.45, 2.75) is 31.9 Å². The van der Waals surface area contributed by atoms with Crippen molar-refractivity contribution in [1.29, 1.82) is 0 Å². The summed E-state index contributed by atoms with van der Waals surface area (Å²) in [5.41, 5.74) is 0. The lowest BCUT2D eigenvalue weighted by Gasteiger charge is -2.25. The average Bonchev–Trinajstić information content (AvgIpc) is 1.77. The molecule has 1 aliphatic heterocycles. The van der Waals surface area contributed by atoms with Gasteiger partial charge >= 0.3 is 0 Å². The minimum absolute atomic E-state index is 0.108. The largest absolute Gasteiger partial charge is 0.392 e. The van der Waals surface area contributed by atoms with Crippen molar-refractivity contribution >= 4 is 0 Å². The predicted octanol–water partition coefficient (Wildman–Crippen LogP) is 0.119. The van der Waals surface area contributed by atoms with Crippen molar-refractivity contribution in [3.8, 4) is 0 Å². The number of piperidine rings is 1. The highest BCUT2D eigenvalue weighted by molar-refractivity contribution is 4.75. The minimum Gasteiger partial charge on any atom is -0.392 e. The lowest BCUT2D eigenvalue weighted by Crippen LogP contribution is -2.42. The zero-order chi connectivity index (χ0) is 5.98. The van der Waals surface area contributed by atoms with Gasteiger partial charge < -0.3 is 10.4 Å². The molecule has 1 rings (SSSR count). The fraction of sp³-hybridized carbons (Fsp3) is 1.00. The number of hydrogen-bond donors (Lipinski definition) is 2. The Hall–Kier alpha value is -0.0800. The summed E-state index contributed by atoms with van der Waals surface area (Å²) in [7, 11) is 0. The molecule has 0 radical (unpaired) electrons. The van der Waals surface area contributed by atoms with Gasteiger partial charge in [-0.1, -0.05) is 0 Å². The normalized spacial score (nSPS) is 39.8. The van der Waals surface area contributed by atoms with Crippen LogP contribution in [0.2, 0.25) is 0 Å². The van der Waals surface area contributed by atoms with Gasteiger partial charge in [0.1, 0.15) is 0 Å². The van der Waals surface area contributed by atoms with Gasteiger partial charge in [-0.25, -0.2) is 0 Å². The Morgan fingerprint density at radius 2 is 2.38 bits per heavy atom. The van der Waals surface area contributed by atoms with Gasteiger partial charge in [0.25, 0.3) is 0 Å². The summed E-state index contributed by atoms with van der Waals surface area (Å²) in [6, 6.07) is 0.309. The fourth-order valence-corrected chi connectivity index (χ4v) is 1.03. The van der Waals surface area contributed by atoms with Gasteiger partial charge in [-0.2, -0.15) is 0 Å². The van der Waals surface area contributed by atoms with Gasteiger partial charge in [0.05, 0.1) is 6.10 Å². The van der Waals surface area contributed by atoms with Crippen LogP contribution in [-0.2, 0) is 0 Å². The predicted molar refractivity (Wildman–Crippen MR) is 32.7 cm³/mol. The van der Waals surface area contributed by atoms with Crippen molar-refractivity contribution in [2.75, 3.05) is 6.54 Å². The molecule has 8 heavy (non-hydrogen) atoms. The molecule has 0 aromatic rings. The van der Waals surface area contributed by atoms with E-state index in [9.17, 15) is 0 Å². The van der Waals surface area contributed by atoms with Crippen LogP contribution >= 0.6 is 0 Å². The maximum atomic E-state index is 9.12. The summed E-state index contributed by atoms with van der Waals surface area (Å²) in [5, 5.41) is 12.3. The molecule has 2 N–H and O–H groups in total. The third-order valence-corrected chi connectivity index (χ3v) is 1.72. The van der Waals surface area contributed by atoms with Gasteiger partial charge in [0, 0.05) is 6.04 Å². The van der Waals surface area contributed by atoms with Crippen LogP contribution < -0.4 is 5.32 Å². The van der Waals surface area contributed by atoms with E-state index in [1.54, 1.807) is 0 Å². The molecule has 0 aliphatic carbocycles. The quantitative estimate of drug-likeness (QED) is 0.470.